The van der Waals surface area contributed by atoms with Gasteiger partial charge >= 0.3 is 0 Å². The Hall–Kier alpha value is -2.42. The molecular weight excluding hydrogens is 284 g/mol. The summed E-state index contributed by atoms with van der Waals surface area (Å²) in [7, 11) is 0. The summed E-state index contributed by atoms with van der Waals surface area (Å²) in [6, 6.07) is 7.05. The third-order valence-electron chi connectivity index (χ3n) is 3.87. The van der Waals surface area contributed by atoms with Crippen LogP contribution in [0.3, 0.4) is 0 Å². The van der Waals surface area contributed by atoms with Crippen LogP contribution in [-0.4, -0.2) is 15.1 Å². The van der Waals surface area contributed by atoms with Crippen LogP contribution in [0.15, 0.2) is 48.7 Å². The molecular formula is C20H24N2O. The number of phenolic OH excluding ortho intramolecular Hbond substituents is 1. The second-order valence-corrected chi connectivity index (χ2v) is 6.67. The van der Waals surface area contributed by atoms with Crippen LogP contribution in [0.2, 0.25) is 0 Å². The lowest BCUT2D eigenvalue weighted by molar-refractivity contribution is 0.475. The molecule has 1 heterocycles. The van der Waals surface area contributed by atoms with Crippen LogP contribution in [-0.2, 0) is 0 Å². The fourth-order valence-electron chi connectivity index (χ4n) is 2.37. The zero-order valence-corrected chi connectivity index (χ0v) is 14.5. The maximum absolute atomic E-state index is 9.67. The van der Waals surface area contributed by atoms with Crippen molar-refractivity contribution < 1.29 is 5.11 Å². The van der Waals surface area contributed by atoms with Gasteiger partial charge in [-0.3, -0.25) is 4.98 Å². The van der Waals surface area contributed by atoms with E-state index in [2.05, 4.69) is 32.3 Å². The van der Waals surface area contributed by atoms with E-state index in [4.69, 9.17) is 4.98 Å². The number of rotatable bonds is 3. The van der Waals surface area contributed by atoms with Crippen molar-refractivity contribution in [2.45, 2.75) is 34.6 Å². The molecule has 0 amide bonds. The Kier molecular flexibility index (Phi) is 4.69. The molecule has 0 fully saturated rings. The summed E-state index contributed by atoms with van der Waals surface area (Å²) in [6.45, 7) is 14.6. The topological polar surface area (TPSA) is 46.0 Å². The molecule has 2 rings (SSSR count). The van der Waals surface area contributed by atoms with Crippen molar-refractivity contribution in [3.63, 3.8) is 0 Å². The molecule has 120 valence electrons. The molecule has 0 radical (unpaired) electrons. The number of aromatic nitrogens is 2. The molecule has 0 saturated heterocycles. The maximum atomic E-state index is 9.67. The summed E-state index contributed by atoms with van der Waals surface area (Å²) in [5, 5.41) is 9.67. The van der Waals surface area contributed by atoms with Crippen molar-refractivity contribution in [2.75, 3.05) is 0 Å². The van der Waals surface area contributed by atoms with E-state index in [9.17, 15) is 5.11 Å². The molecule has 0 spiro atoms. The summed E-state index contributed by atoms with van der Waals surface area (Å²) in [5.74, 6) is 0.219. The van der Waals surface area contributed by atoms with E-state index in [0.29, 0.717) is 0 Å². The Morgan fingerprint density at radius 3 is 2.52 bits per heavy atom. The lowest BCUT2D eigenvalue weighted by Crippen LogP contribution is -2.12. The number of aryl methyl sites for hydroxylation is 1. The minimum atomic E-state index is -0.0447. The third-order valence-corrected chi connectivity index (χ3v) is 3.87. The van der Waals surface area contributed by atoms with Crippen molar-refractivity contribution >= 4 is 5.57 Å². The number of nitrogens with zero attached hydrogens (tertiary/aromatic N) is 2. The molecule has 1 N–H and O–H groups in total. The van der Waals surface area contributed by atoms with Crippen LogP contribution in [0.5, 0.6) is 5.75 Å². The van der Waals surface area contributed by atoms with E-state index in [0.717, 1.165) is 33.8 Å². The maximum Gasteiger partial charge on any atom is 0.116 e. The summed E-state index contributed by atoms with van der Waals surface area (Å²) >= 11 is 0. The first-order chi connectivity index (χ1) is 10.7. The number of hydrogen-bond acceptors (Lipinski definition) is 3. The SMILES string of the molecule is C=C(/C(=C/C)c1nc(-c2cccc(O)c2)cnc1C)C(C)(C)C. The van der Waals surface area contributed by atoms with Crippen molar-refractivity contribution in [1.29, 1.82) is 0 Å². The van der Waals surface area contributed by atoms with Crippen LogP contribution in [0, 0.1) is 12.3 Å². The van der Waals surface area contributed by atoms with Gasteiger partial charge in [-0.25, -0.2) is 4.98 Å². The average Bonchev–Trinajstić information content (AvgIpc) is 2.48. The summed E-state index contributed by atoms with van der Waals surface area (Å²) in [4.78, 5) is 9.28. The first kappa shape index (κ1) is 16.9. The second-order valence-electron chi connectivity index (χ2n) is 6.67. The molecule has 0 unspecified atom stereocenters. The summed E-state index contributed by atoms with van der Waals surface area (Å²) < 4.78 is 0. The lowest BCUT2D eigenvalue weighted by Gasteiger charge is -2.24. The Bertz CT molecular complexity index is 767. The molecule has 0 atom stereocenters. The van der Waals surface area contributed by atoms with Crippen LogP contribution in [0.4, 0.5) is 0 Å². The van der Waals surface area contributed by atoms with Gasteiger partial charge in [-0.1, -0.05) is 45.6 Å². The van der Waals surface area contributed by atoms with Gasteiger partial charge in [0.05, 0.1) is 23.3 Å². The lowest BCUT2D eigenvalue weighted by atomic mass is 9.81. The van der Waals surface area contributed by atoms with Crippen molar-refractivity contribution in [1.82, 2.24) is 9.97 Å². The van der Waals surface area contributed by atoms with Crippen LogP contribution in [0.1, 0.15) is 39.1 Å². The number of hydrogen-bond donors (Lipinski definition) is 1. The number of benzene rings is 1. The predicted molar refractivity (Wildman–Crippen MR) is 96.1 cm³/mol. The molecule has 1 aromatic carbocycles. The normalized spacial score (nSPS) is 12.3. The van der Waals surface area contributed by atoms with Crippen molar-refractivity contribution in [2.24, 2.45) is 5.41 Å². The van der Waals surface area contributed by atoms with E-state index in [1.165, 1.54) is 0 Å². The minimum Gasteiger partial charge on any atom is -0.508 e. The first-order valence-corrected chi connectivity index (χ1v) is 7.73. The van der Waals surface area contributed by atoms with Gasteiger partial charge in [0.15, 0.2) is 0 Å². The smallest absolute Gasteiger partial charge is 0.116 e. The van der Waals surface area contributed by atoms with Gasteiger partial charge in [-0.15, -0.1) is 0 Å². The van der Waals surface area contributed by atoms with E-state index < -0.39 is 0 Å². The van der Waals surface area contributed by atoms with Gasteiger partial charge in [0.1, 0.15) is 5.75 Å². The van der Waals surface area contributed by atoms with Gasteiger partial charge in [-0.05, 0) is 37.0 Å². The average molecular weight is 308 g/mol. The Morgan fingerprint density at radius 1 is 1.26 bits per heavy atom. The molecule has 1 aromatic heterocycles. The van der Waals surface area contributed by atoms with Crippen LogP contribution >= 0.6 is 0 Å². The molecule has 23 heavy (non-hydrogen) atoms. The zero-order valence-electron chi connectivity index (χ0n) is 14.5. The van der Waals surface area contributed by atoms with Gasteiger partial charge in [-0.2, -0.15) is 0 Å². The second kappa shape index (κ2) is 6.37. The standard InChI is InChI=1S/C20H24N2O/c1-7-17(13(2)20(4,5)6)19-14(3)21-12-18(22-19)15-9-8-10-16(23)11-15/h7-12,23H,2H2,1,3-6H3/b17-7-. The highest BCUT2D eigenvalue weighted by atomic mass is 16.3. The molecule has 0 aliphatic carbocycles. The highest BCUT2D eigenvalue weighted by Crippen LogP contribution is 2.36. The van der Waals surface area contributed by atoms with E-state index in [1.54, 1.807) is 24.4 Å². The number of allylic oxidation sites excluding steroid dienone is 3. The first-order valence-electron chi connectivity index (χ1n) is 7.73. The molecule has 0 bridgehead atoms. The predicted octanol–water partition coefficient (Wildman–Crippen LogP) is 5.16. The molecule has 0 aliphatic heterocycles. The van der Waals surface area contributed by atoms with Gasteiger partial charge in [0.2, 0.25) is 0 Å². The minimum absolute atomic E-state index is 0.0447. The quantitative estimate of drug-likeness (QED) is 0.796. The van der Waals surface area contributed by atoms with Crippen LogP contribution in [0.25, 0.3) is 16.8 Å². The zero-order chi connectivity index (χ0) is 17.2. The summed E-state index contributed by atoms with van der Waals surface area (Å²) in [5.41, 5.74) is 5.30. The molecule has 3 heteroatoms. The molecule has 0 aliphatic rings. The van der Waals surface area contributed by atoms with Gasteiger partial charge < -0.3 is 5.11 Å². The third kappa shape index (κ3) is 3.67. The fourth-order valence-corrected chi connectivity index (χ4v) is 2.37. The monoisotopic (exact) mass is 308 g/mol. The fraction of sp³-hybridized carbons (Fsp3) is 0.300. The molecule has 0 saturated carbocycles. The van der Waals surface area contributed by atoms with E-state index in [-0.39, 0.29) is 11.2 Å². The Labute approximate surface area is 138 Å². The van der Waals surface area contributed by atoms with Crippen molar-refractivity contribution in [3.05, 3.63) is 60.1 Å². The highest BCUT2D eigenvalue weighted by molar-refractivity contribution is 5.79. The Balaban J connectivity index is 2.55. The summed E-state index contributed by atoms with van der Waals surface area (Å²) in [6.07, 6.45) is 3.78. The highest BCUT2D eigenvalue weighted by Gasteiger charge is 2.22. The largest absolute Gasteiger partial charge is 0.508 e. The Morgan fingerprint density at radius 2 is 1.96 bits per heavy atom. The number of phenols is 1. The molecule has 2 aromatic rings. The van der Waals surface area contributed by atoms with Crippen LogP contribution < -0.4 is 0 Å². The van der Waals surface area contributed by atoms with Gasteiger partial charge in [0.25, 0.3) is 0 Å². The molecule has 3 nitrogen and oxygen atoms in total. The van der Waals surface area contributed by atoms with E-state index in [1.807, 2.05) is 26.0 Å². The number of aromatic hydroxyl groups is 1. The van der Waals surface area contributed by atoms with Crippen molar-refractivity contribution in [3.8, 4) is 17.0 Å². The van der Waals surface area contributed by atoms with Gasteiger partial charge in [0, 0.05) is 11.1 Å². The van der Waals surface area contributed by atoms with E-state index >= 15 is 0 Å².